The molecule has 0 saturated carbocycles. The van der Waals surface area contributed by atoms with Crippen LogP contribution in [0.5, 0.6) is 0 Å². The molecule has 134 valence electrons. The van der Waals surface area contributed by atoms with E-state index in [9.17, 15) is 9.59 Å². The Morgan fingerprint density at radius 2 is 1.92 bits per heavy atom. The Labute approximate surface area is 155 Å². The molecular weight excluding hydrogens is 350 g/mol. The minimum atomic E-state index is -0.431. The van der Waals surface area contributed by atoms with Crippen LogP contribution < -0.4 is 5.32 Å². The van der Waals surface area contributed by atoms with Crippen molar-refractivity contribution in [2.24, 2.45) is 7.05 Å². The summed E-state index contributed by atoms with van der Waals surface area (Å²) in [5, 5.41) is 9.07. The van der Waals surface area contributed by atoms with Crippen molar-refractivity contribution in [1.82, 2.24) is 9.78 Å². The number of ether oxygens (including phenoxy) is 1. The number of rotatable bonds is 6. The van der Waals surface area contributed by atoms with Gasteiger partial charge in [0.05, 0.1) is 11.4 Å². The summed E-state index contributed by atoms with van der Waals surface area (Å²) >= 11 is 1.38. The van der Waals surface area contributed by atoms with Gasteiger partial charge in [0, 0.05) is 18.0 Å². The Bertz CT molecular complexity index is 952. The molecule has 0 atom stereocenters. The number of esters is 1. The molecular formula is C19H19N3O3S. The number of anilines is 1. The molecule has 0 spiro atoms. The van der Waals surface area contributed by atoms with Crippen LogP contribution in [-0.4, -0.2) is 34.0 Å². The van der Waals surface area contributed by atoms with Crippen molar-refractivity contribution in [3.05, 3.63) is 54.2 Å². The van der Waals surface area contributed by atoms with E-state index in [2.05, 4.69) is 10.4 Å². The fraction of sp³-hybridized carbons (Fsp3) is 0.211. The van der Waals surface area contributed by atoms with E-state index in [1.165, 1.54) is 11.8 Å². The predicted molar refractivity (Wildman–Crippen MR) is 102 cm³/mol. The number of nitrogens with zero attached hydrogens (tertiary/aromatic N) is 2. The fourth-order valence-corrected chi connectivity index (χ4v) is 3.24. The highest BCUT2D eigenvalue weighted by Gasteiger charge is 2.11. The van der Waals surface area contributed by atoms with Gasteiger partial charge in [-0.2, -0.15) is 5.10 Å². The van der Waals surface area contributed by atoms with Gasteiger partial charge in [0.1, 0.15) is 5.82 Å². The molecule has 0 aliphatic carbocycles. The number of amides is 1. The minimum absolute atomic E-state index is 0.149. The van der Waals surface area contributed by atoms with Gasteiger partial charge in [0.2, 0.25) is 0 Å². The first-order valence-corrected chi connectivity index (χ1v) is 9.07. The normalized spacial score (nSPS) is 10.7. The summed E-state index contributed by atoms with van der Waals surface area (Å²) in [6.07, 6.45) is 0. The van der Waals surface area contributed by atoms with Gasteiger partial charge in [-0.3, -0.25) is 14.3 Å². The van der Waals surface area contributed by atoms with Crippen molar-refractivity contribution in [2.75, 3.05) is 17.7 Å². The van der Waals surface area contributed by atoms with Crippen molar-refractivity contribution < 1.29 is 14.3 Å². The molecule has 0 aliphatic rings. The number of fused-ring (bicyclic) bond motifs is 1. The molecule has 7 heteroatoms. The van der Waals surface area contributed by atoms with Gasteiger partial charge in [0.25, 0.3) is 5.91 Å². The third kappa shape index (κ3) is 4.64. The SMILES string of the molecule is Cc1cc(NC(=O)COC(=O)CSc2ccc3ccccc3c2)n(C)n1. The van der Waals surface area contributed by atoms with E-state index >= 15 is 0 Å². The number of nitrogens with one attached hydrogen (secondary N) is 1. The van der Waals surface area contributed by atoms with Crippen LogP contribution in [0, 0.1) is 6.92 Å². The maximum atomic E-state index is 11.9. The van der Waals surface area contributed by atoms with Crippen LogP contribution >= 0.6 is 11.8 Å². The van der Waals surface area contributed by atoms with E-state index < -0.39 is 11.9 Å². The lowest BCUT2D eigenvalue weighted by molar-refractivity contribution is -0.144. The zero-order valence-electron chi connectivity index (χ0n) is 14.6. The summed E-state index contributed by atoms with van der Waals surface area (Å²) < 4.78 is 6.59. The second-order valence-electron chi connectivity index (χ2n) is 5.80. The van der Waals surface area contributed by atoms with Crippen molar-refractivity contribution in [1.29, 1.82) is 0 Å². The summed E-state index contributed by atoms with van der Waals surface area (Å²) in [6, 6.07) is 15.8. The van der Waals surface area contributed by atoms with Crippen LogP contribution in [0.25, 0.3) is 10.8 Å². The highest BCUT2D eigenvalue weighted by Crippen LogP contribution is 2.23. The van der Waals surface area contributed by atoms with Gasteiger partial charge in [-0.25, -0.2) is 0 Å². The second kappa shape index (κ2) is 8.05. The van der Waals surface area contributed by atoms with Gasteiger partial charge in [-0.15, -0.1) is 11.8 Å². The molecule has 3 rings (SSSR count). The van der Waals surface area contributed by atoms with Crippen molar-refractivity contribution in [2.45, 2.75) is 11.8 Å². The fourth-order valence-electron chi connectivity index (χ4n) is 2.49. The maximum absolute atomic E-state index is 11.9. The Hall–Kier alpha value is -2.80. The molecule has 3 aromatic rings. The van der Waals surface area contributed by atoms with E-state index in [-0.39, 0.29) is 12.4 Å². The summed E-state index contributed by atoms with van der Waals surface area (Å²) in [5.74, 6) is -0.109. The number of benzene rings is 2. The number of carbonyl (C=O) groups excluding carboxylic acids is 2. The van der Waals surface area contributed by atoms with Crippen LogP contribution in [-0.2, 0) is 21.4 Å². The summed E-state index contributed by atoms with van der Waals surface area (Å²) in [5.41, 5.74) is 0.798. The Morgan fingerprint density at radius 3 is 2.65 bits per heavy atom. The quantitative estimate of drug-likeness (QED) is 0.534. The van der Waals surface area contributed by atoms with Crippen molar-refractivity contribution >= 4 is 40.2 Å². The van der Waals surface area contributed by atoms with Gasteiger partial charge >= 0.3 is 5.97 Å². The number of carbonyl (C=O) groups is 2. The number of thioether (sulfide) groups is 1. The first-order valence-electron chi connectivity index (χ1n) is 8.09. The molecule has 1 heterocycles. The topological polar surface area (TPSA) is 73.2 Å². The van der Waals surface area contributed by atoms with Gasteiger partial charge in [-0.1, -0.05) is 30.3 Å². The van der Waals surface area contributed by atoms with Gasteiger partial charge < -0.3 is 10.1 Å². The number of aromatic nitrogens is 2. The molecule has 0 aliphatic heterocycles. The molecule has 1 amide bonds. The van der Waals surface area contributed by atoms with Gasteiger partial charge in [0.15, 0.2) is 6.61 Å². The first kappa shape index (κ1) is 18.0. The van der Waals surface area contributed by atoms with Gasteiger partial charge in [-0.05, 0) is 29.8 Å². The molecule has 0 saturated heterocycles. The lowest BCUT2D eigenvalue weighted by Crippen LogP contribution is -2.22. The van der Waals surface area contributed by atoms with E-state index in [1.807, 2.05) is 49.4 Å². The van der Waals surface area contributed by atoms with Crippen LogP contribution in [0.1, 0.15) is 5.69 Å². The zero-order valence-corrected chi connectivity index (χ0v) is 15.4. The lowest BCUT2D eigenvalue weighted by atomic mass is 10.1. The van der Waals surface area contributed by atoms with E-state index in [0.717, 1.165) is 21.4 Å². The average Bonchev–Trinajstić information content (AvgIpc) is 2.95. The maximum Gasteiger partial charge on any atom is 0.316 e. The van der Waals surface area contributed by atoms with E-state index in [4.69, 9.17) is 4.74 Å². The number of hydrogen-bond donors (Lipinski definition) is 1. The Balaban J connectivity index is 1.46. The zero-order chi connectivity index (χ0) is 18.5. The van der Waals surface area contributed by atoms with Crippen LogP contribution in [0.2, 0.25) is 0 Å². The van der Waals surface area contributed by atoms with Crippen molar-refractivity contribution in [3.63, 3.8) is 0 Å². The molecule has 1 N–H and O–H groups in total. The van der Waals surface area contributed by atoms with Crippen LogP contribution in [0.3, 0.4) is 0 Å². The molecule has 26 heavy (non-hydrogen) atoms. The molecule has 0 fully saturated rings. The smallest absolute Gasteiger partial charge is 0.316 e. The molecule has 2 aromatic carbocycles. The number of hydrogen-bond acceptors (Lipinski definition) is 5. The average molecular weight is 369 g/mol. The van der Waals surface area contributed by atoms with Crippen LogP contribution in [0.4, 0.5) is 5.82 Å². The molecule has 6 nitrogen and oxygen atoms in total. The second-order valence-corrected chi connectivity index (χ2v) is 6.85. The highest BCUT2D eigenvalue weighted by atomic mass is 32.2. The summed E-state index contributed by atoms with van der Waals surface area (Å²) in [6.45, 7) is 1.51. The third-order valence-corrected chi connectivity index (χ3v) is 4.68. The van der Waals surface area contributed by atoms with Crippen molar-refractivity contribution in [3.8, 4) is 0 Å². The Morgan fingerprint density at radius 1 is 1.15 bits per heavy atom. The monoisotopic (exact) mass is 369 g/mol. The summed E-state index contributed by atoms with van der Waals surface area (Å²) in [4.78, 5) is 24.7. The first-order chi connectivity index (χ1) is 12.5. The molecule has 1 aromatic heterocycles. The predicted octanol–water partition coefficient (Wildman–Crippen LogP) is 3.16. The standard InChI is InChI=1S/C19H19N3O3S/c1-13-9-17(22(2)21-13)20-18(23)11-25-19(24)12-26-16-8-7-14-5-3-4-6-15(14)10-16/h3-10H,11-12H2,1-2H3,(H,20,23). The third-order valence-electron chi connectivity index (χ3n) is 3.71. The molecule has 0 radical (unpaired) electrons. The number of aryl methyl sites for hydroxylation is 2. The lowest BCUT2D eigenvalue weighted by Gasteiger charge is -2.07. The van der Waals surface area contributed by atoms with E-state index in [1.54, 1.807) is 17.8 Å². The largest absolute Gasteiger partial charge is 0.455 e. The molecule has 0 unspecified atom stereocenters. The molecule has 0 bridgehead atoms. The van der Waals surface area contributed by atoms with E-state index in [0.29, 0.717) is 5.82 Å². The highest BCUT2D eigenvalue weighted by molar-refractivity contribution is 8.00. The van der Waals surface area contributed by atoms with Crippen LogP contribution in [0.15, 0.2) is 53.4 Å². The Kier molecular flexibility index (Phi) is 5.58. The summed E-state index contributed by atoms with van der Waals surface area (Å²) in [7, 11) is 1.73. The minimum Gasteiger partial charge on any atom is -0.455 e.